The van der Waals surface area contributed by atoms with Crippen LogP contribution in [0.25, 0.3) is 0 Å². The van der Waals surface area contributed by atoms with Crippen LogP contribution in [0.2, 0.25) is 0 Å². The predicted octanol–water partition coefficient (Wildman–Crippen LogP) is 2.56. The molecule has 0 bridgehead atoms. The van der Waals surface area contributed by atoms with Crippen molar-refractivity contribution >= 4 is 0 Å². The van der Waals surface area contributed by atoms with Crippen molar-refractivity contribution in [3.05, 3.63) is 60.2 Å². The van der Waals surface area contributed by atoms with Gasteiger partial charge in [-0.05, 0) is 7.05 Å². The first-order chi connectivity index (χ1) is 8.84. The Morgan fingerprint density at radius 1 is 1.00 bits per heavy atom. The molecule has 2 nitrogen and oxygen atoms in total. The van der Waals surface area contributed by atoms with Crippen molar-refractivity contribution in [2.24, 2.45) is 0 Å². The van der Waals surface area contributed by atoms with E-state index in [1.807, 2.05) is 30.3 Å². The standard InChI is InChI=1S/C11H17N2.C5H5.Fe/c1-12-6-8-13(9-7-12)10-11-4-2-3-5-11;1-2-4-5-3-1;/h2-5H,6-10H2,1H3;1-5H;/q-5;-1;. The molecule has 0 radical (unpaired) electrons. The smallest absolute Gasteiger partial charge is 0.0106 e. The average molecular weight is 298 g/mol. The Morgan fingerprint density at radius 3 is 2.05 bits per heavy atom. The molecular weight excluding hydrogens is 276 g/mol. The molecule has 0 spiro atoms. The minimum Gasteiger partial charge on any atom is -0.748 e. The largest absolute Gasteiger partial charge is 0.748 e. The van der Waals surface area contributed by atoms with Crippen LogP contribution in [0.5, 0.6) is 0 Å². The molecule has 1 heterocycles. The maximum absolute atomic E-state index is 2.52. The van der Waals surface area contributed by atoms with Crippen LogP contribution in [0.1, 0.15) is 5.56 Å². The van der Waals surface area contributed by atoms with Crippen molar-refractivity contribution in [1.82, 2.24) is 9.80 Å². The van der Waals surface area contributed by atoms with E-state index in [4.69, 9.17) is 0 Å². The molecule has 1 aliphatic heterocycles. The van der Waals surface area contributed by atoms with Gasteiger partial charge in [-0.25, -0.2) is 12.1 Å². The molecular formula is C16H22FeN2-6. The molecule has 2 aromatic rings. The van der Waals surface area contributed by atoms with Gasteiger partial charge in [-0.2, -0.15) is 24.7 Å². The quantitative estimate of drug-likeness (QED) is 0.621. The van der Waals surface area contributed by atoms with Gasteiger partial charge in [-0.1, -0.05) is 0 Å². The maximum Gasteiger partial charge on any atom is 0.0106 e. The zero-order chi connectivity index (χ0) is 12.6. The van der Waals surface area contributed by atoms with Crippen LogP contribution >= 0.6 is 0 Å². The number of likely N-dealkylation sites (N-methyl/N-ethyl adjacent to an activating group) is 1. The zero-order valence-electron chi connectivity index (χ0n) is 11.5. The average Bonchev–Trinajstić information content (AvgIpc) is 3.07. The first kappa shape index (κ1) is 16.2. The SMILES string of the molecule is CN1CCN(C[c-]2[cH-][cH-][cH-][cH-]2)CC1.[Fe].c1cc[cH-]c1. The van der Waals surface area contributed by atoms with Crippen LogP contribution in [-0.2, 0) is 23.6 Å². The van der Waals surface area contributed by atoms with Gasteiger partial charge < -0.3 is 39.6 Å². The third-order valence-corrected chi connectivity index (χ3v) is 3.29. The molecule has 0 aromatic heterocycles. The Balaban J connectivity index is 0.000000256. The first-order valence-electron chi connectivity index (χ1n) is 6.63. The summed E-state index contributed by atoms with van der Waals surface area (Å²) in [5.74, 6) is 0. The Labute approximate surface area is 127 Å². The summed E-state index contributed by atoms with van der Waals surface area (Å²) in [6.07, 6.45) is 0. The Hall–Kier alpha value is -0.861. The van der Waals surface area contributed by atoms with E-state index >= 15 is 0 Å². The summed E-state index contributed by atoms with van der Waals surface area (Å²) in [5, 5.41) is 0. The minimum absolute atomic E-state index is 0. The van der Waals surface area contributed by atoms with Crippen LogP contribution in [0.3, 0.4) is 0 Å². The van der Waals surface area contributed by atoms with Crippen molar-refractivity contribution in [1.29, 1.82) is 0 Å². The van der Waals surface area contributed by atoms with E-state index in [0.29, 0.717) is 0 Å². The van der Waals surface area contributed by atoms with Gasteiger partial charge in [0.25, 0.3) is 0 Å². The van der Waals surface area contributed by atoms with Crippen molar-refractivity contribution in [3.8, 4) is 0 Å². The van der Waals surface area contributed by atoms with Crippen LogP contribution in [0.4, 0.5) is 0 Å². The molecule has 1 fully saturated rings. The van der Waals surface area contributed by atoms with Gasteiger partial charge in [0.1, 0.15) is 0 Å². The van der Waals surface area contributed by atoms with E-state index in [-0.39, 0.29) is 17.1 Å². The fourth-order valence-electron chi connectivity index (χ4n) is 2.10. The second-order valence-corrected chi connectivity index (χ2v) is 4.83. The molecule has 0 amide bonds. The zero-order valence-corrected chi connectivity index (χ0v) is 12.6. The summed E-state index contributed by atoms with van der Waals surface area (Å²) >= 11 is 0. The van der Waals surface area contributed by atoms with Crippen LogP contribution in [0.15, 0.2) is 54.6 Å². The van der Waals surface area contributed by atoms with Gasteiger partial charge in [-0.15, -0.1) is 0 Å². The number of nitrogens with zero attached hydrogens (tertiary/aromatic N) is 2. The molecule has 3 heteroatoms. The second kappa shape index (κ2) is 9.11. The molecule has 110 valence electrons. The number of rotatable bonds is 2. The molecule has 19 heavy (non-hydrogen) atoms. The Morgan fingerprint density at radius 2 is 1.58 bits per heavy atom. The summed E-state index contributed by atoms with van der Waals surface area (Å²) in [5.41, 5.74) is 1.45. The van der Waals surface area contributed by atoms with E-state index in [0.717, 1.165) is 6.54 Å². The third kappa shape index (κ3) is 6.22. The van der Waals surface area contributed by atoms with E-state index in [2.05, 4.69) is 41.1 Å². The van der Waals surface area contributed by atoms with Crippen LogP contribution in [0, 0.1) is 0 Å². The van der Waals surface area contributed by atoms with Crippen LogP contribution in [-0.4, -0.2) is 43.0 Å². The molecule has 2 aromatic carbocycles. The topological polar surface area (TPSA) is 6.48 Å². The summed E-state index contributed by atoms with van der Waals surface area (Å²) in [6.45, 7) is 5.96. The number of hydrogen-bond donors (Lipinski definition) is 0. The summed E-state index contributed by atoms with van der Waals surface area (Å²) in [7, 11) is 2.19. The third-order valence-electron chi connectivity index (χ3n) is 3.29. The minimum atomic E-state index is 0. The van der Waals surface area contributed by atoms with E-state index in [1.165, 1.54) is 31.7 Å². The Kier molecular flexibility index (Phi) is 7.76. The molecule has 0 unspecified atom stereocenters. The van der Waals surface area contributed by atoms with Crippen LogP contribution < -0.4 is 0 Å². The van der Waals surface area contributed by atoms with E-state index in [9.17, 15) is 0 Å². The molecule has 0 saturated carbocycles. The first-order valence-corrected chi connectivity index (χ1v) is 6.63. The summed E-state index contributed by atoms with van der Waals surface area (Å²) in [4.78, 5) is 4.91. The van der Waals surface area contributed by atoms with Crippen molar-refractivity contribution in [2.45, 2.75) is 6.54 Å². The van der Waals surface area contributed by atoms with E-state index < -0.39 is 0 Å². The second-order valence-electron chi connectivity index (χ2n) is 4.83. The van der Waals surface area contributed by atoms with Gasteiger partial charge >= 0.3 is 0 Å². The summed E-state index contributed by atoms with van der Waals surface area (Å²) < 4.78 is 0. The molecule has 0 N–H and O–H groups in total. The summed E-state index contributed by atoms with van der Waals surface area (Å²) in [6, 6.07) is 18.6. The van der Waals surface area contributed by atoms with Gasteiger partial charge in [0, 0.05) is 43.2 Å². The van der Waals surface area contributed by atoms with Crippen molar-refractivity contribution < 1.29 is 17.1 Å². The predicted molar refractivity (Wildman–Crippen MR) is 76.8 cm³/mol. The Bertz CT molecular complexity index is 369. The molecule has 1 saturated heterocycles. The van der Waals surface area contributed by atoms with Gasteiger partial charge in [-0.3, -0.25) is 0 Å². The fraction of sp³-hybridized carbons (Fsp3) is 0.375. The fourth-order valence-corrected chi connectivity index (χ4v) is 2.10. The molecule has 0 atom stereocenters. The number of hydrogen-bond acceptors (Lipinski definition) is 2. The van der Waals surface area contributed by atoms with Gasteiger partial charge in [0.2, 0.25) is 0 Å². The normalized spacial score (nSPS) is 16.3. The van der Waals surface area contributed by atoms with E-state index in [1.54, 1.807) is 0 Å². The van der Waals surface area contributed by atoms with Gasteiger partial charge in [0.15, 0.2) is 0 Å². The monoisotopic (exact) mass is 298 g/mol. The molecule has 3 rings (SSSR count). The number of piperazine rings is 1. The van der Waals surface area contributed by atoms with Crippen molar-refractivity contribution in [2.75, 3.05) is 33.2 Å². The molecule has 0 aliphatic carbocycles. The maximum atomic E-state index is 2.52. The van der Waals surface area contributed by atoms with Crippen molar-refractivity contribution in [3.63, 3.8) is 0 Å². The molecule has 1 aliphatic rings. The van der Waals surface area contributed by atoms with Gasteiger partial charge in [0.05, 0.1) is 0 Å².